The van der Waals surface area contributed by atoms with E-state index in [1.807, 2.05) is 6.07 Å². The lowest BCUT2D eigenvalue weighted by Crippen LogP contribution is -2.36. The van der Waals surface area contributed by atoms with Crippen LogP contribution in [0.4, 0.5) is 11.4 Å². The number of benzene rings is 1. The number of piperidine rings is 1. The molecule has 0 amide bonds. The average Bonchev–Trinajstić information content (AvgIpc) is 2.48. The Morgan fingerprint density at radius 1 is 1.50 bits per heavy atom. The van der Waals surface area contributed by atoms with Gasteiger partial charge >= 0.3 is 0 Å². The molecule has 3 N–H and O–H groups in total. The van der Waals surface area contributed by atoms with E-state index in [2.05, 4.69) is 10.3 Å². The number of nitrogen functional groups attached to an aromatic ring is 1. The largest absolute Gasteiger partial charge is 0.381 e. The molecule has 0 radical (unpaired) electrons. The second-order valence-corrected chi connectivity index (χ2v) is 4.96. The molecule has 1 fully saturated rings. The minimum Gasteiger partial charge on any atom is -0.381 e. The summed E-state index contributed by atoms with van der Waals surface area (Å²) in [6.07, 6.45) is 2.34. The highest BCUT2D eigenvalue weighted by molar-refractivity contribution is 5.61. The number of ether oxygens (including phenoxy) is 1. The molecule has 110 valence electrons. The smallest absolute Gasteiger partial charge is 0.293 e. The minimum absolute atomic E-state index is 0.0109. The van der Waals surface area contributed by atoms with Crippen molar-refractivity contribution in [2.75, 3.05) is 25.6 Å². The Morgan fingerprint density at radius 3 is 2.75 bits per heavy atom. The van der Waals surface area contributed by atoms with Crippen molar-refractivity contribution in [3.63, 3.8) is 0 Å². The molecule has 1 heterocycles. The van der Waals surface area contributed by atoms with E-state index in [9.17, 15) is 10.1 Å². The molecule has 1 saturated heterocycles. The lowest BCUT2D eigenvalue weighted by Gasteiger charge is -2.31. The van der Waals surface area contributed by atoms with Crippen LogP contribution < -0.4 is 11.3 Å². The Bertz CT molecular complexity index is 473. The molecule has 1 aromatic rings. The van der Waals surface area contributed by atoms with Crippen LogP contribution in [0.3, 0.4) is 0 Å². The second kappa shape index (κ2) is 6.65. The van der Waals surface area contributed by atoms with Crippen molar-refractivity contribution in [3.05, 3.63) is 33.9 Å². The molecule has 0 saturated carbocycles. The van der Waals surface area contributed by atoms with Gasteiger partial charge in [-0.05, 0) is 24.5 Å². The number of nitro benzene ring substituents is 1. The van der Waals surface area contributed by atoms with E-state index in [-0.39, 0.29) is 5.69 Å². The van der Waals surface area contributed by atoms with E-state index in [1.165, 1.54) is 0 Å². The first-order valence-electron chi connectivity index (χ1n) is 6.63. The van der Waals surface area contributed by atoms with Gasteiger partial charge in [0.15, 0.2) is 0 Å². The first-order chi connectivity index (χ1) is 9.63. The third-order valence-electron chi connectivity index (χ3n) is 3.69. The number of likely N-dealkylation sites (tertiary alicyclic amines) is 1. The SMILES string of the molecule is COC1CCN(Cc2ccc(NN)c([N+](=O)[O-])c2)CC1. The molecule has 1 aromatic carbocycles. The molecule has 7 nitrogen and oxygen atoms in total. The number of hydrogen-bond donors (Lipinski definition) is 2. The van der Waals surface area contributed by atoms with Gasteiger partial charge in [-0.1, -0.05) is 6.07 Å². The number of nitrogens with one attached hydrogen (secondary N) is 1. The Labute approximate surface area is 117 Å². The molecule has 0 atom stereocenters. The van der Waals surface area contributed by atoms with Gasteiger partial charge in [-0.15, -0.1) is 0 Å². The van der Waals surface area contributed by atoms with E-state index in [1.54, 1.807) is 19.2 Å². The third kappa shape index (κ3) is 3.44. The fourth-order valence-electron chi connectivity index (χ4n) is 2.51. The molecule has 0 aliphatic carbocycles. The summed E-state index contributed by atoms with van der Waals surface area (Å²) in [6, 6.07) is 5.09. The summed E-state index contributed by atoms with van der Waals surface area (Å²) in [6.45, 7) is 2.61. The number of rotatable bonds is 5. The number of anilines is 1. The van der Waals surface area contributed by atoms with Crippen molar-refractivity contribution in [3.8, 4) is 0 Å². The third-order valence-corrected chi connectivity index (χ3v) is 3.69. The average molecular weight is 280 g/mol. The van der Waals surface area contributed by atoms with E-state index < -0.39 is 4.92 Å². The zero-order valence-electron chi connectivity index (χ0n) is 11.5. The highest BCUT2D eigenvalue weighted by Crippen LogP contribution is 2.26. The first-order valence-corrected chi connectivity index (χ1v) is 6.63. The number of nitrogens with two attached hydrogens (primary N) is 1. The standard InChI is InChI=1S/C13H20N4O3/c1-20-11-4-6-16(7-5-11)9-10-2-3-12(15-14)13(8-10)17(18)19/h2-3,8,11,15H,4-7,9,14H2,1H3. The van der Waals surface area contributed by atoms with Crippen LogP contribution in [0.15, 0.2) is 18.2 Å². The highest BCUT2D eigenvalue weighted by Gasteiger charge is 2.20. The van der Waals surface area contributed by atoms with Gasteiger partial charge in [-0.25, -0.2) is 0 Å². The molecule has 0 unspecified atom stereocenters. The predicted molar refractivity (Wildman–Crippen MR) is 76.2 cm³/mol. The topological polar surface area (TPSA) is 93.7 Å². The zero-order chi connectivity index (χ0) is 14.5. The summed E-state index contributed by atoms with van der Waals surface area (Å²) in [5.74, 6) is 5.27. The second-order valence-electron chi connectivity index (χ2n) is 4.96. The molecular formula is C13H20N4O3. The molecule has 7 heteroatoms. The number of nitrogens with zero attached hydrogens (tertiary/aromatic N) is 2. The van der Waals surface area contributed by atoms with Crippen LogP contribution in [-0.4, -0.2) is 36.1 Å². The van der Waals surface area contributed by atoms with Crippen LogP contribution in [0.25, 0.3) is 0 Å². The molecule has 1 aliphatic heterocycles. The number of nitro groups is 1. The number of hydrazine groups is 1. The van der Waals surface area contributed by atoms with E-state index >= 15 is 0 Å². The van der Waals surface area contributed by atoms with Crippen LogP contribution in [0.2, 0.25) is 0 Å². The molecular weight excluding hydrogens is 260 g/mol. The zero-order valence-corrected chi connectivity index (χ0v) is 11.5. The van der Waals surface area contributed by atoms with E-state index in [0.29, 0.717) is 18.3 Å². The molecule has 0 bridgehead atoms. The minimum atomic E-state index is -0.421. The van der Waals surface area contributed by atoms with Crippen LogP contribution in [0.1, 0.15) is 18.4 Å². The summed E-state index contributed by atoms with van der Waals surface area (Å²) in [4.78, 5) is 12.8. The fraction of sp³-hybridized carbons (Fsp3) is 0.538. The summed E-state index contributed by atoms with van der Waals surface area (Å²) in [7, 11) is 1.74. The van der Waals surface area contributed by atoms with Gasteiger partial charge in [0, 0.05) is 32.8 Å². The molecule has 1 aliphatic rings. The van der Waals surface area contributed by atoms with Crippen molar-refractivity contribution < 1.29 is 9.66 Å². The van der Waals surface area contributed by atoms with Crippen LogP contribution in [-0.2, 0) is 11.3 Å². The summed E-state index contributed by atoms with van der Waals surface area (Å²) >= 11 is 0. The van der Waals surface area contributed by atoms with Crippen molar-refractivity contribution in [1.82, 2.24) is 4.90 Å². The number of methoxy groups -OCH3 is 1. The molecule has 20 heavy (non-hydrogen) atoms. The number of hydrogen-bond acceptors (Lipinski definition) is 6. The first kappa shape index (κ1) is 14.7. The van der Waals surface area contributed by atoms with Gasteiger partial charge in [0.05, 0.1) is 11.0 Å². The normalized spacial score (nSPS) is 17.1. The van der Waals surface area contributed by atoms with Gasteiger partial charge < -0.3 is 10.2 Å². The van der Waals surface area contributed by atoms with Crippen LogP contribution >= 0.6 is 0 Å². The lowest BCUT2D eigenvalue weighted by molar-refractivity contribution is -0.384. The molecule has 0 spiro atoms. The van der Waals surface area contributed by atoms with Gasteiger partial charge in [-0.3, -0.25) is 20.9 Å². The predicted octanol–water partition coefficient (Wildman–Crippen LogP) is 1.49. The fourth-order valence-corrected chi connectivity index (χ4v) is 2.51. The van der Waals surface area contributed by atoms with E-state index in [4.69, 9.17) is 10.6 Å². The van der Waals surface area contributed by atoms with Crippen LogP contribution in [0.5, 0.6) is 0 Å². The lowest BCUT2D eigenvalue weighted by atomic mass is 10.1. The summed E-state index contributed by atoms with van der Waals surface area (Å²) in [5.41, 5.74) is 3.61. The monoisotopic (exact) mass is 280 g/mol. The summed E-state index contributed by atoms with van der Waals surface area (Å²) in [5, 5.41) is 11.0. The van der Waals surface area contributed by atoms with Gasteiger partial charge in [0.25, 0.3) is 5.69 Å². The Kier molecular flexibility index (Phi) is 4.89. The Balaban J connectivity index is 2.03. The van der Waals surface area contributed by atoms with Gasteiger partial charge in [0.2, 0.25) is 0 Å². The Hall–Kier alpha value is -1.70. The van der Waals surface area contributed by atoms with Crippen molar-refractivity contribution in [2.24, 2.45) is 5.84 Å². The van der Waals surface area contributed by atoms with Crippen molar-refractivity contribution in [1.29, 1.82) is 0 Å². The van der Waals surface area contributed by atoms with Gasteiger partial charge in [-0.2, -0.15) is 0 Å². The summed E-state index contributed by atoms with van der Waals surface area (Å²) < 4.78 is 5.33. The van der Waals surface area contributed by atoms with Gasteiger partial charge in [0.1, 0.15) is 5.69 Å². The molecule has 2 rings (SSSR count). The highest BCUT2D eigenvalue weighted by atomic mass is 16.6. The van der Waals surface area contributed by atoms with Crippen molar-refractivity contribution in [2.45, 2.75) is 25.5 Å². The Morgan fingerprint density at radius 2 is 2.20 bits per heavy atom. The maximum atomic E-state index is 11.0. The van der Waals surface area contributed by atoms with E-state index in [0.717, 1.165) is 31.5 Å². The van der Waals surface area contributed by atoms with Crippen LogP contribution in [0, 0.1) is 10.1 Å². The maximum Gasteiger partial charge on any atom is 0.293 e. The molecule has 0 aromatic heterocycles. The quantitative estimate of drug-likeness (QED) is 0.482. The van der Waals surface area contributed by atoms with Crippen molar-refractivity contribution >= 4 is 11.4 Å². The maximum absolute atomic E-state index is 11.0.